The molecule has 0 amide bonds. The van der Waals surface area contributed by atoms with Gasteiger partial charge in [0, 0.05) is 10.9 Å². The molecule has 0 aromatic carbocycles. The largest absolute Gasteiger partial charge is 0.465 e. The molecule has 1 heterocycles. The van der Waals surface area contributed by atoms with Crippen LogP contribution in [0.1, 0.15) is 41.9 Å². The Labute approximate surface area is 123 Å². The Bertz CT molecular complexity index is 453. The molecule has 0 fully saturated rings. The first-order chi connectivity index (χ1) is 9.01. The molecule has 0 atom stereocenters. The van der Waals surface area contributed by atoms with E-state index in [2.05, 4.69) is 24.5 Å². The number of carbonyl (C=O) groups excluding carboxylic acids is 1. The number of carbonyl (C=O) groups is 1. The lowest BCUT2D eigenvalue weighted by atomic mass is 10.2. The summed E-state index contributed by atoms with van der Waals surface area (Å²) in [5.74, 6) is -0.350. The van der Waals surface area contributed by atoms with Crippen LogP contribution >= 0.6 is 23.6 Å². The molecule has 0 aliphatic rings. The van der Waals surface area contributed by atoms with Crippen LogP contribution < -0.4 is 10.6 Å². The van der Waals surface area contributed by atoms with Crippen LogP contribution in [-0.4, -0.2) is 24.2 Å². The molecule has 1 aromatic heterocycles. The molecule has 1 rings (SSSR count). The molecule has 0 unspecified atom stereocenters. The van der Waals surface area contributed by atoms with Crippen LogP contribution in [0.15, 0.2) is 6.07 Å². The van der Waals surface area contributed by atoms with Crippen molar-refractivity contribution in [3.05, 3.63) is 16.5 Å². The highest BCUT2D eigenvalue weighted by Gasteiger charge is 2.16. The fraction of sp³-hybridized carbons (Fsp3) is 0.538. The van der Waals surface area contributed by atoms with Gasteiger partial charge in [-0.2, -0.15) is 0 Å². The van der Waals surface area contributed by atoms with Gasteiger partial charge >= 0.3 is 5.97 Å². The number of hydrogen-bond donors (Lipinski definition) is 2. The van der Waals surface area contributed by atoms with Gasteiger partial charge in [-0.25, -0.2) is 4.79 Å². The summed E-state index contributed by atoms with van der Waals surface area (Å²) in [5, 5.41) is 7.59. The maximum absolute atomic E-state index is 11.6. The van der Waals surface area contributed by atoms with Gasteiger partial charge < -0.3 is 15.4 Å². The highest BCUT2D eigenvalue weighted by atomic mass is 32.1. The molecule has 0 spiro atoms. The van der Waals surface area contributed by atoms with Crippen LogP contribution in [0.4, 0.5) is 5.00 Å². The minimum atomic E-state index is -0.350. The number of nitrogens with one attached hydrogen (secondary N) is 2. The van der Waals surface area contributed by atoms with Crippen LogP contribution in [0.25, 0.3) is 0 Å². The summed E-state index contributed by atoms with van der Waals surface area (Å²) in [5.41, 5.74) is 0.527. The third kappa shape index (κ3) is 4.47. The molecule has 0 saturated heterocycles. The molecule has 2 N–H and O–H groups in total. The highest BCUT2D eigenvalue weighted by molar-refractivity contribution is 7.80. The number of methoxy groups -OCH3 is 1. The van der Waals surface area contributed by atoms with E-state index in [0.29, 0.717) is 16.7 Å². The first kappa shape index (κ1) is 15.9. The molecule has 0 aliphatic heterocycles. The molecule has 0 saturated carbocycles. The minimum Gasteiger partial charge on any atom is -0.465 e. The van der Waals surface area contributed by atoms with Crippen LogP contribution in [0.5, 0.6) is 0 Å². The minimum absolute atomic E-state index is 0.350. The fourth-order valence-electron chi connectivity index (χ4n) is 1.69. The van der Waals surface area contributed by atoms with Gasteiger partial charge in [-0.3, -0.25) is 0 Å². The third-order valence-electron chi connectivity index (χ3n) is 2.81. The molecule has 4 nitrogen and oxygen atoms in total. The lowest BCUT2D eigenvalue weighted by molar-refractivity contribution is 0.0602. The van der Waals surface area contributed by atoms with Crippen molar-refractivity contribution in [1.29, 1.82) is 0 Å². The van der Waals surface area contributed by atoms with Gasteiger partial charge in [0.05, 0.1) is 12.7 Å². The summed E-state index contributed by atoms with van der Waals surface area (Å²) in [6, 6.07) is 2.15. The average Bonchev–Trinajstić information content (AvgIpc) is 2.75. The summed E-state index contributed by atoms with van der Waals surface area (Å²) in [6.07, 6.45) is 2.01. The van der Waals surface area contributed by atoms with Crippen LogP contribution in [0.3, 0.4) is 0 Å². The zero-order valence-corrected chi connectivity index (χ0v) is 13.3. The number of hydrogen-bond acceptors (Lipinski definition) is 4. The number of anilines is 1. The molecule has 6 heteroatoms. The van der Waals surface area contributed by atoms with Crippen molar-refractivity contribution < 1.29 is 9.53 Å². The van der Waals surface area contributed by atoms with Crippen molar-refractivity contribution in [3.63, 3.8) is 0 Å². The number of esters is 1. The van der Waals surface area contributed by atoms with Crippen molar-refractivity contribution in [3.8, 4) is 0 Å². The van der Waals surface area contributed by atoms with E-state index in [4.69, 9.17) is 17.0 Å². The quantitative estimate of drug-likeness (QED) is 0.645. The Balaban J connectivity index is 2.76. The van der Waals surface area contributed by atoms with Gasteiger partial charge in [-0.15, -0.1) is 11.3 Å². The third-order valence-corrected chi connectivity index (χ3v) is 3.99. The summed E-state index contributed by atoms with van der Waals surface area (Å²) < 4.78 is 4.76. The monoisotopic (exact) mass is 300 g/mol. The van der Waals surface area contributed by atoms with Crippen LogP contribution in [-0.2, 0) is 4.74 Å². The second-order valence-electron chi connectivity index (χ2n) is 4.20. The van der Waals surface area contributed by atoms with E-state index in [1.165, 1.54) is 18.4 Å². The van der Waals surface area contributed by atoms with Crippen molar-refractivity contribution in [2.45, 2.75) is 39.7 Å². The van der Waals surface area contributed by atoms with Gasteiger partial charge in [-0.05, 0) is 38.0 Å². The average molecular weight is 300 g/mol. The Morgan fingerprint density at radius 3 is 2.63 bits per heavy atom. The Hall–Kier alpha value is -1.14. The summed E-state index contributed by atoms with van der Waals surface area (Å²) in [6.45, 7) is 6.16. The normalized spacial score (nSPS) is 10.4. The highest BCUT2D eigenvalue weighted by Crippen LogP contribution is 2.28. The fourth-order valence-corrected chi connectivity index (χ4v) is 2.92. The van der Waals surface area contributed by atoms with E-state index in [0.717, 1.165) is 22.7 Å². The van der Waals surface area contributed by atoms with Crippen LogP contribution in [0, 0.1) is 6.92 Å². The zero-order valence-electron chi connectivity index (χ0n) is 11.7. The van der Waals surface area contributed by atoms with E-state index in [1.807, 2.05) is 6.92 Å². The maximum Gasteiger partial charge on any atom is 0.340 e. The number of thiophene rings is 1. The number of ether oxygens (including phenoxy) is 1. The lowest BCUT2D eigenvalue weighted by Crippen LogP contribution is -2.37. The topological polar surface area (TPSA) is 50.4 Å². The predicted molar refractivity (Wildman–Crippen MR) is 84.1 cm³/mol. The molecule has 106 valence electrons. The Morgan fingerprint density at radius 2 is 2.11 bits per heavy atom. The molecular formula is C13H20N2O2S2. The summed E-state index contributed by atoms with van der Waals surface area (Å²) >= 11 is 6.76. The Morgan fingerprint density at radius 1 is 1.47 bits per heavy atom. The molecule has 0 bridgehead atoms. The van der Waals surface area contributed by atoms with Gasteiger partial charge in [-0.1, -0.05) is 13.8 Å². The van der Waals surface area contributed by atoms with E-state index in [9.17, 15) is 4.79 Å². The van der Waals surface area contributed by atoms with Crippen LogP contribution in [0.2, 0.25) is 0 Å². The van der Waals surface area contributed by atoms with E-state index in [1.54, 1.807) is 6.07 Å². The standard InChI is InChI=1S/C13H20N2O2S2/c1-5-9(6-2)14-13(18)15-11-10(12(16)17-4)7-8(3)19-11/h7,9H,5-6H2,1-4H3,(H2,14,15,18). The van der Waals surface area contributed by atoms with Gasteiger partial charge in [0.15, 0.2) is 5.11 Å². The number of thiocarbonyl (C=S) groups is 1. The van der Waals surface area contributed by atoms with E-state index >= 15 is 0 Å². The zero-order chi connectivity index (χ0) is 14.4. The predicted octanol–water partition coefficient (Wildman–Crippen LogP) is 3.32. The smallest absolute Gasteiger partial charge is 0.340 e. The maximum atomic E-state index is 11.6. The number of aryl methyl sites for hydroxylation is 1. The van der Waals surface area contributed by atoms with Gasteiger partial charge in [0.25, 0.3) is 0 Å². The summed E-state index contributed by atoms with van der Waals surface area (Å²) in [4.78, 5) is 12.7. The van der Waals surface area contributed by atoms with Crippen molar-refractivity contribution in [1.82, 2.24) is 5.32 Å². The molecule has 19 heavy (non-hydrogen) atoms. The SMILES string of the molecule is CCC(CC)NC(=S)Nc1sc(C)cc1C(=O)OC. The molecule has 1 aromatic rings. The van der Waals surface area contributed by atoms with Crippen molar-refractivity contribution >= 4 is 39.6 Å². The van der Waals surface area contributed by atoms with E-state index < -0.39 is 0 Å². The van der Waals surface area contributed by atoms with Crippen molar-refractivity contribution in [2.24, 2.45) is 0 Å². The van der Waals surface area contributed by atoms with E-state index in [-0.39, 0.29) is 5.97 Å². The lowest BCUT2D eigenvalue weighted by Gasteiger charge is -2.17. The second kappa shape index (κ2) is 7.45. The molecule has 0 aliphatic carbocycles. The van der Waals surface area contributed by atoms with Crippen molar-refractivity contribution in [2.75, 3.05) is 12.4 Å². The molecule has 0 radical (unpaired) electrons. The Kier molecular flexibility index (Phi) is 6.24. The van der Waals surface area contributed by atoms with Gasteiger partial charge in [0.2, 0.25) is 0 Å². The van der Waals surface area contributed by atoms with Gasteiger partial charge in [0.1, 0.15) is 5.00 Å². The summed E-state index contributed by atoms with van der Waals surface area (Å²) in [7, 11) is 1.37. The molecular weight excluding hydrogens is 280 g/mol. The first-order valence-electron chi connectivity index (χ1n) is 6.28. The number of rotatable bonds is 5. The second-order valence-corrected chi connectivity index (χ2v) is 5.87. The first-order valence-corrected chi connectivity index (χ1v) is 7.50.